The van der Waals surface area contributed by atoms with Gasteiger partial charge in [0.1, 0.15) is 6.42 Å². The summed E-state index contributed by atoms with van der Waals surface area (Å²) < 4.78 is 14.5. The molecule has 0 unspecified atom stereocenters. The number of hydrogen-bond donors (Lipinski definition) is 1. The molecule has 8 nitrogen and oxygen atoms in total. The fourth-order valence-electron chi connectivity index (χ4n) is 2.13. The average molecular weight is 392 g/mol. The maximum atomic E-state index is 11.9. The number of rotatable bonds is 12. The summed E-state index contributed by atoms with van der Waals surface area (Å²) in [5, 5.41) is 8.42. The van der Waals surface area contributed by atoms with Crippen molar-refractivity contribution in [2.75, 3.05) is 20.3 Å². The van der Waals surface area contributed by atoms with Crippen LogP contribution < -0.4 is 0 Å². The van der Waals surface area contributed by atoms with Crippen molar-refractivity contribution < 1.29 is 38.5 Å². The van der Waals surface area contributed by atoms with Crippen molar-refractivity contribution in [3.63, 3.8) is 0 Å². The molecule has 0 spiro atoms. The minimum atomic E-state index is -1.21. The Kier molecular flexibility index (Phi) is 10.7. The molecule has 0 bridgehead atoms. The number of unbranched alkanes of at least 4 members (excludes halogenated alkanes) is 3. The molecule has 1 aromatic rings. The first kappa shape index (κ1) is 22.9. The van der Waals surface area contributed by atoms with Crippen LogP contribution in [0.5, 0.6) is 0 Å². The van der Waals surface area contributed by atoms with E-state index in [9.17, 15) is 19.2 Å². The van der Waals surface area contributed by atoms with Crippen LogP contribution in [0.15, 0.2) is 30.3 Å². The molecule has 0 radical (unpaired) electrons. The number of carbonyl (C=O) groups excluding carboxylic acids is 3. The van der Waals surface area contributed by atoms with Gasteiger partial charge < -0.3 is 19.3 Å². The highest BCUT2D eigenvalue weighted by Crippen LogP contribution is 2.09. The maximum Gasteiger partial charge on any atom is 0.338 e. The van der Waals surface area contributed by atoms with Gasteiger partial charge in [0.05, 0.1) is 25.9 Å². The van der Waals surface area contributed by atoms with E-state index in [4.69, 9.17) is 14.6 Å². The second-order valence-corrected chi connectivity index (χ2v) is 5.82. The van der Waals surface area contributed by atoms with Crippen molar-refractivity contribution in [3.8, 4) is 0 Å². The van der Waals surface area contributed by atoms with E-state index in [2.05, 4.69) is 4.74 Å². The van der Waals surface area contributed by atoms with Gasteiger partial charge in [0, 0.05) is 6.08 Å². The monoisotopic (exact) mass is 392 g/mol. The van der Waals surface area contributed by atoms with Crippen LogP contribution in [0.2, 0.25) is 0 Å². The molecule has 1 rings (SSSR count). The number of hydrogen-bond acceptors (Lipinski definition) is 7. The Bertz CT molecular complexity index is 691. The summed E-state index contributed by atoms with van der Waals surface area (Å²) >= 11 is 0. The third-order valence-corrected chi connectivity index (χ3v) is 3.59. The molecule has 0 aliphatic rings. The minimum absolute atomic E-state index is 0.183. The molecule has 0 aromatic heterocycles. The number of carboxylic acid groups (broad SMARTS) is 1. The van der Waals surface area contributed by atoms with Crippen molar-refractivity contribution in [1.82, 2.24) is 0 Å². The van der Waals surface area contributed by atoms with E-state index in [-0.39, 0.29) is 13.2 Å². The Hall–Kier alpha value is -3.16. The first-order valence-electron chi connectivity index (χ1n) is 8.83. The maximum absolute atomic E-state index is 11.9. The van der Waals surface area contributed by atoms with Crippen LogP contribution in [0.4, 0.5) is 0 Å². The molecule has 8 heteroatoms. The Morgan fingerprint density at radius 3 is 2.11 bits per heavy atom. The third kappa shape index (κ3) is 10.1. The number of benzene rings is 1. The van der Waals surface area contributed by atoms with E-state index >= 15 is 0 Å². The van der Waals surface area contributed by atoms with E-state index in [1.54, 1.807) is 30.3 Å². The standard InChI is InChI=1S/C20H24O8/c1-26-18(23)11-8-15-6-9-16(10-7-15)20(25)28-13-5-3-2-4-12-27-19(24)14-17(21)22/h6-11H,2-5,12-14H2,1H3,(H,21,22)/b11-8+. The van der Waals surface area contributed by atoms with Crippen LogP contribution in [0.3, 0.4) is 0 Å². The van der Waals surface area contributed by atoms with E-state index in [1.807, 2.05) is 0 Å². The summed E-state index contributed by atoms with van der Waals surface area (Å²) in [7, 11) is 1.29. The molecule has 152 valence electrons. The molecule has 0 atom stereocenters. The lowest BCUT2D eigenvalue weighted by Crippen LogP contribution is -2.11. The second kappa shape index (κ2) is 13.1. The number of methoxy groups -OCH3 is 1. The topological polar surface area (TPSA) is 116 Å². The fourth-order valence-corrected chi connectivity index (χ4v) is 2.13. The molecule has 0 heterocycles. The quantitative estimate of drug-likeness (QED) is 0.190. The highest BCUT2D eigenvalue weighted by molar-refractivity contribution is 5.90. The van der Waals surface area contributed by atoms with E-state index in [0.29, 0.717) is 18.4 Å². The summed E-state index contributed by atoms with van der Waals surface area (Å²) in [6.45, 7) is 0.463. The number of carbonyl (C=O) groups is 4. The predicted octanol–water partition coefficient (Wildman–Crippen LogP) is 2.61. The average Bonchev–Trinajstić information content (AvgIpc) is 2.67. The Morgan fingerprint density at radius 1 is 0.929 bits per heavy atom. The van der Waals surface area contributed by atoms with Gasteiger partial charge in [-0.25, -0.2) is 9.59 Å². The number of carboxylic acids is 1. The number of aliphatic carboxylic acids is 1. The van der Waals surface area contributed by atoms with Crippen molar-refractivity contribution in [2.45, 2.75) is 32.1 Å². The second-order valence-electron chi connectivity index (χ2n) is 5.82. The molecular weight excluding hydrogens is 368 g/mol. The first-order valence-corrected chi connectivity index (χ1v) is 8.83. The number of esters is 3. The van der Waals surface area contributed by atoms with Gasteiger partial charge >= 0.3 is 23.9 Å². The van der Waals surface area contributed by atoms with Crippen LogP contribution in [0.1, 0.15) is 48.0 Å². The van der Waals surface area contributed by atoms with Crippen LogP contribution in [-0.2, 0) is 28.6 Å². The summed E-state index contributed by atoms with van der Waals surface area (Å²) in [6.07, 6.45) is 5.12. The van der Waals surface area contributed by atoms with Gasteiger partial charge in [0.25, 0.3) is 0 Å². The van der Waals surface area contributed by atoms with Gasteiger partial charge in [0.15, 0.2) is 0 Å². The summed E-state index contributed by atoms with van der Waals surface area (Å²) in [5.74, 6) is -2.83. The van der Waals surface area contributed by atoms with Gasteiger partial charge in [-0.1, -0.05) is 12.1 Å². The number of ether oxygens (including phenoxy) is 3. The van der Waals surface area contributed by atoms with Gasteiger partial charge in [-0.3, -0.25) is 9.59 Å². The lowest BCUT2D eigenvalue weighted by Gasteiger charge is -2.06. The molecule has 0 saturated heterocycles. The van der Waals surface area contributed by atoms with E-state index < -0.39 is 30.3 Å². The summed E-state index contributed by atoms with van der Waals surface area (Å²) in [5.41, 5.74) is 1.17. The van der Waals surface area contributed by atoms with Crippen LogP contribution in [0, 0.1) is 0 Å². The van der Waals surface area contributed by atoms with Crippen molar-refractivity contribution >= 4 is 30.0 Å². The normalized spacial score (nSPS) is 10.5. The van der Waals surface area contributed by atoms with Crippen molar-refractivity contribution in [1.29, 1.82) is 0 Å². The van der Waals surface area contributed by atoms with Crippen LogP contribution >= 0.6 is 0 Å². The highest BCUT2D eigenvalue weighted by Gasteiger charge is 2.08. The van der Waals surface area contributed by atoms with Crippen LogP contribution in [-0.4, -0.2) is 49.3 Å². The zero-order chi connectivity index (χ0) is 20.8. The van der Waals surface area contributed by atoms with Crippen molar-refractivity contribution in [2.24, 2.45) is 0 Å². The van der Waals surface area contributed by atoms with Gasteiger partial charge in [-0.15, -0.1) is 0 Å². The Balaban J connectivity index is 2.16. The highest BCUT2D eigenvalue weighted by atomic mass is 16.5. The SMILES string of the molecule is COC(=O)/C=C/c1ccc(C(=O)OCCCCCCOC(=O)CC(=O)O)cc1. The Labute approximate surface area is 163 Å². The molecule has 1 aromatic carbocycles. The predicted molar refractivity (Wildman–Crippen MR) is 99.5 cm³/mol. The summed E-state index contributed by atoms with van der Waals surface area (Å²) in [6, 6.07) is 6.62. The van der Waals surface area contributed by atoms with Gasteiger partial charge in [0.2, 0.25) is 0 Å². The molecule has 0 fully saturated rings. The molecule has 0 saturated carbocycles. The third-order valence-electron chi connectivity index (χ3n) is 3.59. The molecule has 0 aliphatic carbocycles. The van der Waals surface area contributed by atoms with Crippen LogP contribution in [0.25, 0.3) is 6.08 Å². The zero-order valence-electron chi connectivity index (χ0n) is 15.7. The molecule has 1 N–H and O–H groups in total. The largest absolute Gasteiger partial charge is 0.481 e. The molecule has 0 amide bonds. The van der Waals surface area contributed by atoms with E-state index in [0.717, 1.165) is 18.4 Å². The molecule has 28 heavy (non-hydrogen) atoms. The van der Waals surface area contributed by atoms with E-state index in [1.165, 1.54) is 13.2 Å². The zero-order valence-corrected chi connectivity index (χ0v) is 15.7. The van der Waals surface area contributed by atoms with Crippen molar-refractivity contribution in [3.05, 3.63) is 41.5 Å². The lowest BCUT2D eigenvalue weighted by molar-refractivity contribution is -0.151. The molecule has 0 aliphatic heterocycles. The Morgan fingerprint density at radius 2 is 1.54 bits per heavy atom. The smallest absolute Gasteiger partial charge is 0.338 e. The minimum Gasteiger partial charge on any atom is -0.481 e. The summed E-state index contributed by atoms with van der Waals surface area (Å²) in [4.78, 5) is 44.3. The van der Waals surface area contributed by atoms with Gasteiger partial charge in [-0.2, -0.15) is 0 Å². The first-order chi connectivity index (χ1) is 13.4. The molecular formula is C20H24O8. The fraction of sp³-hybridized carbons (Fsp3) is 0.400. The lowest BCUT2D eigenvalue weighted by atomic mass is 10.1. The van der Waals surface area contributed by atoms with Gasteiger partial charge in [-0.05, 0) is 49.5 Å².